The lowest BCUT2D eigenvalue weighted by Crippen LogP contribution is -2.40. The molecule has 1 aromatic heterocycles. The molecule has 2 N–H and O–H groups in total. The summed E-state index contributed by atoms with van der Waals surface area (Å²) in [5, 5.41) is 0. The van der Waals surface area contributed by atoms with E-state index in [1.165, 1.54) is 12.4 Å². The van der Waals surface area contributed by atoms with Gasteiger partial charge in [0.15, 0.2) is 5.82 Å². The van der Waals surface area contributed by atoms with E-state index in [4.69, 9.17) is 5.73 Å². The number of anilines is 1. The van der Waals surface area contributed by atoms with Gasteiger partial charge in [0.1, 0.15) is 0 Å². The Labute approximate surface area is 106 Å². The molecule has 1 saturated heterocycles. The Morgan fingerprint density at radius 2 is 1.69 bits per heavy atom. The van der Waals surface area contributed by atoms with Crippen LogP contribution in [0, 0.1) is 5.82 Å². The molecule has 0 spiro atoms. The van der Waals surface area contributed by atoms with Crippen LogP contribution in [0.1, 0.15) is 12.8 Å². The SMILES string of the molecule is Cl.Cl.NC1CCN(c2ncc(F)cn2)CC1. The van der Waals surface area contributed by atoms with Crippen LogP contribution in [0.25, 0.3) is 0 Å². The summed E-state index contributed by atoms with van der Waals surface area (Å²) < 4.78 is 12.6. The van der Waals surface area contributed by atoms with Crippen molar-refractivity contribution in [2.45, 2.75) is 18.9 Å². The lowest BCUT2D eigenvalue weighted by atomic mass is 10.1. The minimum atomic E-state index is -0.400. The van der Waals surface area contributed by atoms with Gasteiger partial charge in [-0.25, -0.2) is 14.4 Å². The molecular formula is C9H15Cl2FN4. The fraction of sp³-hybridized carbons (Fsp3) is 0.556. The van der Waals surface area contributed by atoms with Gasteiger partial charge in [-0.2, -0.15) is 0 Å². The van der Waals surface area contributed by atoms with E-state index in [1.54, 1.807) is 0 Å². The summed E-state index contributed by atoms with van der Waals surface area (Å²) in [5.74, 6) is 0.195. The van der Waals surface area contributed by atoms with Crippen molar-refractivity contribution < 1.29 is 4.39 Å². The number of halogens is 3. The third-order valence-electron chi connectivity index (χ3n) is 2.43. The maximum Gasteiger partial charge on any atom is 0.225 e. The zero-order valence-electron chi connectivity index (χ0n) is 8.67. The maximum absolute atomic E-state index is 12.6. The van der Waals surface area contributed by atoms with Crippen molar-refractivity contribution in [2.24, 2.45) is 5.73 Å². The Kier molecular flexibility index (Phi) is 6.55. The Balaban J connectivity index is 0.00000112. The molecule has 16 heavy (non-hydrogen) atoms. The number of piperidine rings is 1. The van der Waals surface area contributed by atoms with Crippen molar-refractivity contribution in [3.63, 3.8) is 0 Å². The molecule has 2 rings (SSSR count). The average Bonchev–Trinajstić information content (AvgIpc) is 2.21. The van der Waals surface area contributed by atoms with Crippen LogP contribution in [0.4, 0.5) is 10.3 Å². The lowest BCUT2D eigenvalue weighted by molar-refractivity contribution is 0.494. The number of hydrogen-bond donors (Lipinski definition) is 1. The maximum atomic E-state index is 12.6. The van der Waals surface area contributed by atoms with Gasteiger partial charge in [-0.15, -0.1) is 24.8 Å². The molecule has 1 aromatic rings. The normalized spacial score (nSPS) is 16.2. The van der Waals surface area contributed by atoms with Crippen LogP contribution in [-0.4, -0.2) is 29.1 Å². The molecule has 1 fully saturated rings. The van der Waals surface area contributed by atoms with E-state index in [-0.39, 0.29) is 30.9 Å². The zero-order valence-corrected chi connectivity index (χ0v) is 10.3. The van der Waals surface area contributed by atoms with Crippen LogP contribution in [0.2, 0.25) is 0 Å². The minimum absolute atomic E-state index is 0. The number of nitrogens with zero attached hydrogens (tertiary/aromatic N) is 3. The van der Waals surface area contributed by atoms with Crippen LogP contribution in [-0.2, 0) is 0 Å². The van der Waals surface area contributed by atoms with Crippen molar-refractivity contribution in [2.75, 3.05) is 18.0 Å². The second-order valence-electron chi connectivity index (χ2n) is 3.53. The summed E-state index contributed by atoms with van der Waals surface area (Å²) in [6.07, 6.45) is 4.27. The first-order chi connectivity index (χ1) is 6.75. The molecule has 4 nitrogen and oxygen atoms in total. The van der Waals surface area contributed by atoms with E-state index in [0.717, 1.165) is 25.9 Å². The summed E-state index contributed by atoms with van der Waals surface area (Å²) in [4.78, 5) is 9.88. The zero-order chi connectivity index (χ0) is 9.97. The molecule has 92 valence electrons. The van der Waals surface area contributed by atoms with Crippen LogP contribution in [0.3, 0.4) is 0 Å². The fourth-order valence-electron chi connectivity index (χ4n) is 1.57. The molecule has 0 atom stereocenters. The Hall–Kier alpha value is -0.650. The molecular weight excluding hydrogens is 254 g/mol. The molecule has 0 unspecified atom stereocenters. The van der Waals surface area contributed by atoms with E-state index < -0.39 is 5.82 Å². The van der Waals surface area contributed by atoms with E-state index >= 15 is 0 Å². The molecule has 0 radical (unpaired) electrons. The minimum Gasteiger partial charge on any atom is -0.341 e. The van der Waals surface area contributed by atoms with Crippen LogP contribution < -0.4 is 10.6 Å². The quantitative estimate of drug-likeness (QED) is 0.837. The molecule has 0 amide bonds. The van der Waals surface area contributed by atoms with Crippen LogP contribution >= 0.6 is 24.8 Å². The van der Waals surface area contributed by atoms with Gasteiger partial charge < -0.3 is 10.6 Å². The number of aromatic nitrogens is 2. The molecule has 0 aliphatic carbocycles. The topological polar surface area (TPSA) is 55.0 Å². The van der Waals surface area contributed by atoms with Gasteiger partial charge in [0.2, 0.25) is 5.95 Å². The van der Waals surface area contributed by atoms with Gasteiger partial charge in [-0.05, 0) is 12.8 Å². The molecule has 1 aliphatic rings. The second kappa shape index (κ2) is 6.83. The second-order valence-corrected chi connectivity index (χ2v) is 3.53. The first kappa shape index (κ1) is 15.3. The van der Waals surface area contributed by atoms with Crippen LogP contribution in [0.5, 0.6) is 0 Å². The number of nitrogens with two attached hydrogens (primary N) is 1. The predicted molar refractivity (Wildman–Crippen MR) is 65.9 cm³/mol. The summed E-state index contributed by atoms with van der Waals surface area (Å²) >= 11 is 0. The molecule has 7 heteroatoms. The highest BCUT2D eigenvalue weighted by atomic mass is 35.5. The molecule has 0 bridgehead atoms. The first-order valence-electron chi connectivity index (χ1n) is 4.74. The van der Waals surface area contributed by atoms with Gasteiger partial charge in [0.25, 0.3) is 0 Å². The molecule has 2 heterocycles. The highest BCUT2D eigenvalue weighted by molar-refractivity contribution is 5.85. The summed E-state index contributed by atoms with van der Waals surface area (Å²) in [5.41, 5.74) is 5.77. The monoisotopic (exact) mass is 268 g/mol. The third-order valence-corrected chi connectivity index (χ3v) is 2.43. The predicted octanol–water partition coefficient (Wildman–Crippen LogP) is 1.39. The molecule has 0 saturated carbocycles. The van der Waals surface area contributed by atoms with Crippen molar-refractivity contribution >= 4 is 30.8 Å². The largest absolute Gasteiger partial charge is 0.341 e. The number of rotatable bonds is 1. The van der Waals surface area contributed by atoms with Crippen molar-refractivity contribution in [1.82, 2.24) is 9.97 Å². The Morgan fingerprint density at radius 3 is 2.19 bits per heavy atom. The van der Waals surface area contributed by atoms with E-state index in [2.05, 4.69) is 9.97 Å². The van der Waals surface area contributed by atoms with Crippen molar-refractivity contribution in [3.05, 3.63) is 18.2 Å². The van der Waals surface area contributed by atoms with Gasteiger partial charge in [-0.1, -0.05) is 0 Å². The van der Waals surface area contributed by atoms with Gasteiger partial charge in [0, 0.05) is 19.1 Å². The van der Waals surface area contributed by atoms with E-state index in [0.29, 0.717) is 5.95 Å². The van der Waals surface area contributed by atoms with E-state index in [9.17, 15) is 4.39 Å². The van der Waals surface area contributed by atoms with Crippen molar-refractivity contribution in [3.8, 4) is 0 Å². The summed E-state index contributed by atoms with van der Waals surface area (Å²) in [7, 11) is 0. The summed E-state index contributed by atoms with van der Waals surface area (Å²) in [6.45, 7) is 1.71. The van der Waals surface area contributed by atoms with Gasteiger partial charge >= 0.3 is 0 Å². The summed E-state index contributed by atoms with van der Waals surface area (Å²) in [6, 6.07) is 0.284. The highest BCUT2D eigenvalue weighted by Crippen LogP contribution is 2.14. The Bertz CT molecular complexity index is 301. The fourth-order valence-corrected chi connectivity index (χ4v) is 1.57. The van der Waals surface area contributed by atoms with Crippen molar-refractivity contribution in [1.29, 1.82) is 0 Å². The smallest absolute Gasteiger partial charge is 0.225 e. The van der Waals surface area contributed by atoms with E-state index in [1.807, 2.05) is 4.90 Å². The standard InChI is InChI=1S/C9H13FN4.2ClH/c10-7-5-12-9(13-6-7)14-3-1-8(11)2-4-14;;/h5-6,8H,1-4,11H2;2*1H. The third kappa shape index (κ3) is 3.73. The highest BCUT2D eigenvalue weighted by Gasteiger charge is 2.17. The molecule has 0 aromatic carbocycles. The van der Waals surface area contributed by atoms with Gasteiger partial charge in [-0.3, -0.25) is 0 Å². The molecule has 1 aliphatic heterocycles. The first-order valence-corrected chi connectivity index (χ1v) is 4.74. The Morgan fingerprint density at radius 1 is 1.19 bits per heavy atom. The lowest BCUT2D eigenvalue weighted by Gasteiger charge is -2.29. The van der Waals surface area contributed by atoms with Gasteiger partial charge in [0.05, 0.1) is 12.4 Å². The van der Waals surface area contributed by atoms with Crippen LogP contribution in [0.15, 0.2) is 12.4 Å². The number of hydrogen-bond acceptors (Lipinski definition) is 4. The average molecular weight is 269 g/mol.